The van der Waals surface area contributed by atoms with Crippen molar-refractivity contribution in [2.45, 2.75) is 19.8 Å². The SMILES string of the molecule is C/C=C/C[C@@H](C(=O)O)[C@H](Cc1ccccc1)C(=O)O. The first-order valence-electron chi connectivity index (χ1n) is 6.17. The van der Waals surface area contributed by atoms with Gasteiger partial charge in [0.25, 0.3) is 0 Å². The first-order chi connectivity index (χ1) is 9.06. The lowest BCUT2D eigenvalue weighted by Gasteiger charge is -2.19. The standard InChI is InChI=1S/C15H18O4/c1-2-3-9-12(14(16)17)13(15(18)19)10-11-7-5-4-6-8-11/h2-8,12-13H,9-10H2,1H3,(H,16,17)(H,18,19)/b3-2+/t12-,13+/m1/s1. The molecule has 0 amide bonds. The topological polar surface area (TPSA) is 74.6 Å². The van der Waals surface area contributed by atoms with E-state index in [4.69, 9.17) is 0 Å². The number of hydrogen-bond donors (Lipinski definition) is 2. The van der Waals surface area contributed by atoms with Crippen LogP contribution in [0.5, 0.6) is 0 Å². The van der Waals surface area contributed by atoms with E-state index in [0.29, 0.717) is 0 Å². The van der Waals surface area contributed by atoms with Crippen LogP contribution < -0.4 is 0 Å². The van der Waals surface area contributed by atoms with Crippen molar-refractivity contribution < 1.29 is 19.8 Å². The Bertz CT molecular complexity index is 450. The van der Waals surface area contributed by atoms with Crippen molar-refractivity contribution in [3.8, 4) is 0 Å². The molecule has 1 aromatic rings. The van der Waals surface area contributed by atoms with Gasteiger partial charge in [0.2, 0.25) is 0 Å². The van der Waals surface area contributed by atoms with Crippen LogP contribution in [0, 0.1) is 11.8 Å². The van der Waals surface area contributed by atoms with Gasteiger partial charge in [0.1, 0.15) is 0 Å². The molecule has 2 atom stereocenters. The first-order valence-corrected chi connectivity index (χ1v) is 6.17. The summed E-state index contributed by atoms with van der Waals surface area (Å²) in [6.45, 7) is 1.78. The molecule has 4 heteroatoms. The van der Waals surface area contributed by atoms with Crippen molar-refractivity contribution in [2.24, 2.45) is 11.8 Å². The lowest BCUT2D eigenvalue weighted by Crippen LogP contribution is -2.31. The average molecular weight is 262 g/mol. The van der Waals surface area contributed by atoms with Gasteiger partial charge >= 0.3 is 11.9 Å². The van der Waals surface area contributed by atoms with Crippen LogP contribution in [-0.4, -0.2) is 22.2 Å². The van der Waals surface area contributed by atoms with Crippen LogP contribution in [-0.2, 0) is 16.0 Å². The van der Waals surface area contributed by atoms with E-state index in [-0.39, 0.29) is 12.8 Å². The summed E-state index contributed by atoms with van der Waals surface area (Å²) in [6.07, 6.45) is 3.89. The minimum atomic E-state index is -1.07. The van der Waals surface area contributed by atoms with Gasteiger partial charge in [-0.25, -0.2) is 0 Å². The van der Waals surface area contributed by atoms with Gasteiger partial charge in [0.15, 0.2) is 0 Å². The fourth-order valence-electron chi connectivity index (χ4n) is 1.99. The van der Waals surface area contributed by atoms with Crippen molar-refractivity contribution in [1.29, 1.82) is 0 Å². The Labute approximate surface area is 112 Å². The van der Waals surface area contributed by atoms with Gasteiger partial charge in [-0.2, -0.15) is 0 Å². The van der Waals surface area contributed by atoms with Gasteiger partial charge in [0.05, 0.1) is 11.8 Å². The molecule has 0 aliphatic rings. The molecule has 0 radical (unpaired) electrons. The maximum Gasteiger partial charge on any atom is 0.307 e. The summed E-state index contributed by atoms with van der Waals surface area (Å²) in [4.78, 5) is 22.6. The molecule has 0 spiro atoms. The number of hydrogen-bond acceptors (Lipinski definition) is 2. The monoisotopic (exact) mass is 262 g/mol. The molecule has 0 aromatic heterocycles. The van der Waals surface area contributed by atoms with Gasteiger partial charge in [0, 0.05) is 0 Å². The fraction of sp³-hybridized carbons (Fsp3) is 0.333. The quantitative estimate of drug-likeness (QED) is 0.741. The van der Waals surface area contributed by atoms with Crippen LogP contribution in [0.15, 0.2) is 42.5 Å². The molecular formula is C15H18O4. The predicted octanol–water partition coefficient (Wildman–Crippen LogP) is 2.60. The van der Waals surface area contributed by atoms with Crippen molar-refractivity contribution >= 4 is 11.9 Å². The Kier molecular flexibility index (Phi) is 5.79. The van der Waals surface area contributed by atoms with Crippen molar-refractivity contribution in [1.82, 2.24) is 0 Å². The molecule has 102 valence electrons. The molecule has 19 heavy (non-hydrogen) atoms. The maximum atomic E-state index is 11.3. The molecule has 0 aliphatic heterocycles. The third kappa shape index (κ3) is 4.58. The lowest BCUT2D eigenvalue weighted by molar-refractivity contribution is -0.153. The van der Waals surface area contributed by atoms with Gasteiger partial charge in [-0.1, -0.05) is 42.5 Å². The highest BCUT2D eigenvalue weighted by Gasteiger charge is 2.32. The highest BCUT2D eigenvalue weighted by atomic mass is 16.4. The van der Waals surface area contributed by atoms with Gasteiger partial charge in [-0.05, 0) is 25.3 Å². The molecule has 2 N–H and O–H groups in total. The van der Waals surface area contributed by atoms with E-state index in [1.165, 1.54) is 0 Å². The van der Waals surface area contributed by atoms with Crippen LogP contribution in [0.3, 0.4) is 0 Å². The Morgan fingerprint density at radius 1 is 1.11 bits per heavy atom. The first kappa shape index (κ1) is 15.0. The van der Waals surface area contributed by atoms with E-state index < -0.39 is 23.8 Å². The summed E-state index contributed by atoms with van der Waals surface area (Å²) in [5.74, 6) is -3.97. The third-order valence-electron chi connectivity index (χ3n) is 3.04. The number of benzene rings is 1. The Hall–Kier alpha value is -2.10. The summed E-state index contributed by atoms with van der Waals surface area (Å²) in [5.41, 5.74) is 0.835. The second kappa shape index (κ2) is 7.36. The number of rotatable bonds is 7. The summed E-state index contributed by atoms with van der Waals surface area (Å²) in [7, 11) is 0. The average Bonchev–Trinajstić information content (AvgIpc) is 2.38. The van der Waals surface area contributed by atoms with E-state index in [0.717, 1.165) is 5.56 Å². The van der Waals surface area contributed by atoms with Crippen LogP contribution in [0.1, 0.15) is 18.9 Å². The van der Waals surface area contributed by atoms with Crippen LogP contribution in [0.4, 0.5) is 0 Å². The van der Waals surface area contributed by atoms with E-state index in [1.54, 1.807) is 19.1 Å². The van der Waals surface area contributed by atoms with Gasteiger partial charge in [-0.15, -0.1) is 0 Å². The van der Waals surface area contributed by atoms with E-state index >= 15 is 0 Å². The summed E-state index contributed by atoms with van der Waals surface area (Å²) >= 11 is 0. The predicted molar refractivity (Wildman–Crippen MR) is 71.8 cm³/mol. The maximum absolute atomic E-state index is 11.3. The smallest absolute Gasteiger partial charge is 0.307 e. The van der Waals surface area contributed by atoms with Gasteiger partial charge < -0.3 is 10.2 Å². The summed E-state index contributed by atoms with van der Waals surface area (Å²) in [6, 6.07) is 9.09. The highest BCUT2D eigenvalue weighted by Crippen LogP contribution is 2.22. The van der Waals surface area contributed by atoms with E-state index in [1.807, 2.05) is 30.3 Å². The van der Waals surface area contributed by atoms with E-state index in [9.17, 15) is 19.8 Å². The lowest BCUT2D eigenvalue weighted by atomic mass is 9.84. The zero-order valence-corrected chi connectivity index (χ0v) is 10.8. The van der Waals surface area contributed by atoms with Crippen molar-refractivity contribution in [3.05, 3.63) is 48.0 Å². The van der Waals surface area contributed by atoms with E-state index in [2.05, 4.69) is 0 Å². The normalized spacial score (nSPS) is 14.2. The molecule has 0 unspecified atom stereocenters. The highest BCUT2D eigenvalue weighted by molar-refractivity contribution is 5.80. The zero-order chi connectivity index (χ0) is 14.3. The van der Waals surface area contributed by atoms with Gasteiger partial charge in [-0.3, -0.25) is 9.59 Å². The molecule has 0 heterocycles. The molecule has 4 nitrogen and oxygen atoms in total. The van der Waals surface area contributed by atoms with Crippen molar-refractivity contribution in [3.63, 3.8) is 0 Å². The molecular weight excluding hydrogens is 244 g/mol. The minimum Gasteiger partial charge on any atom is -0.481 e. The molecule has 0 aliphatic carbocycles. The third-order valence-corrected chi connectivity index (χ3v) is 3.04. The largest absolute Gasteiger partial charge is 0.481 e. The fourth-order valence-corrected chi connectivity index (χ4v) is 1.99. The van der Waals surface area contributed by atoms with Crippen LogP contribution in [0.2, 0.25) is 0 Å². The molecule has 0 bridgehead atoms. The number of carboxylic acids is 2. The molecule has 0 saturated carbocycles. The molecule has 0 saturated heterocycles. The molecule has 1 aromatic carbocycles. The second-order valence-corrected chi connectivity index (χ2v) is 4.38. The van der Waals surface area contributed by atoms with Crippen LogP contribution >= 0.6 is 0 Å². The molecule has 0 fully saturated rings. The van der Waals surface area contributed by atoms with Crippen LogP contribution in [0.25, 0.3) is 0 Å². The second-order valence-electron chi connectivity index (χ2n) is 4.38. The Morgan fingerprint density at radius 2 is 1.68 bits per heavy atom. The number of carboxylic acid groups (broad SMARTS) is 2. The summed E-state index contributed by atoms with van der Waals surface area (Å²) in [5, 5.41) is 18.5. The summed E-state index contributed by atoms with van der Waals surface area (Å²) < 4.78 is 0. The number of carbonyl (C=O) groups is 2. The van der Waals surface area contributed by atoms with Crippen molar-refractivity contribution in [2.75, 3.05) is 0 Å². The number of aliphatic carboxylic acids is 2. The zero-order valence-electron chi connectivity index (χ0n) is 10.8. The number of allylic oxidation sites excluding steroid dienone is 2. The Balaban J connectivity index is 2.91. The minimum absolute atomic E-state index is 0.227. The Morgan fingerprint density at radius 3 is 2.16 bits per heavy atom. The molecule has 1 rings (SSSR count).